The van der Waals surface area contributed by atoms with Crippen molar-refractivity contribution in [3.63, 3.8) is 0 Å². The van der Waals surface area contributed by atoms with Crippen LogP contribution in [0.1, 0.15) is 0 Å². The molecule has 4 rings (SSSR count). The number of benzene rings is 2. The highest BCUT2D eigenvalue weighted by Crippen LogP contribution is 2.14. The van der Waals surface area contributed by atoms with Crippen LogP contribution in [-0.2, 0) is 0 Å². The molecule has 0 amide bonds. The number of nitrogens with one attached hydrogen (secondary N) is 2. The highest BCUT2D eigenvalue weighted by atomic mass is 15.1. The lowest BCUT2D eigenvalue weighted by Gasteiger charge is -1.93. The van der Waals surface area contributed by atoms with E-state index in [9.17, 15) is 0 Å². The van der Waals surface area contributed by atoms with Crippen molar-refractivity contribution in [2.45, 2.75) is 0 Å². The molecule has 108 valence electrons. The van der Waals surface area contributed by atoms with Crippen LogP contribution in [0.15, 0.2) is 85.2 Å². The molecule has 2 aromatic heterocycles. The van der Waals surface area contributed by atoms with Crippen molar-refractivity contribution in [3.05, 3.63) is 85.2 Å². The molecule has 4 heteroatoms. The van der Waals surface area contributed by atoms with Crippen molar-refractivity contribution < 1.29 is 0 Å². The normalized spacial score (nSPS) is 9.82. The third-order valence-electron chi connectivity index (χ3n) is 3.17. The van der Waals surface area contributed by atoms with E-state index in [1.54, 1.807) is 12.4 Å². The summed E-state index contributed by atoms with van der Waals surface area (Å²) in [5.74, 6) is 0. The second kappa shape index (κ2) is 7.04. The molecule has 0 saturated heterocycles. The van der Waals surface area contributed by atoms with E-state index in [2.05, 4.69) is 20.4 Å². The van der Waals surface area contributed by atoms with Gasteiger partial charge in [0.2, 0.25) is 0 Å². The summed E-state index contributed by atoms with van der Waals surface area (Å²) in [6.07, 6.45) is 3.50. The van der Waals surface area contributed by atoms with Gasteiger partial charge in [-0.25, -0.2) is 0 Å². The van der Waals surface area contributed by atoms with Gasteiger partial charge in [-0.05, 0) is 23.3 Å². The van der Waals surface area contributed by atoms with Gasteiger partial charge in [0, 0.05) is 12.4 Å². The number of H-pyrrole nitrogens is 2. The summed E-state index contributed by atoms with van der Waals surface area (Å²) in [5, 5.41) is 13.6. The molecule has 4 aromatic rings. The van der Waals surface area contributed by atoms with Gasteiger partial charge in [-0.3, -0.25) is 10.2 Å². The fraction of sp³-hybridized carbons (Fsp3) is 0. The van der Waals surface area contributed by atoms with Gasteiger partial charge in [0.05, 0.1) is 11.4 Å². The molecule has 0 aliphatic heterocycles. The summed E-state index contributed by atoms with van der Waals surface area (Å²) in [6, 6.07) is 24.1. The fourth-order valence-electron chi connectivity index (χ4n) is 2.07. The van der Waals surface area contributed by atoms with E-state index in [1.807, 2.05) is 72.8 Å². The largest absolute Gasteiger partial charge is 0.278 e. The predicted octanol–water partition coefficient (Wildman–Crippen LogP) is 4.15. The average molecular weight is 288 g/mol. The van der Waals surface area contributed by atoms with Crippen LogP contribution in [0.2, 0.25) is 0 Å². The van der Waals surface area contributed by atoms with Crippen molar-refractivity contribution >= 4 is 0 Å². The monoisotopic (exact) mass is 288 g/mol. The summed E-state index contributed by atoms with van der Waals surface area (Å²) >= 11 is 0. The first-order chi connectivity index (χ1) is 10.9. The zero-order valence-electron chi connectivity index (χ0n) is 12.0. The van der Waals surface area contributed by atoms with Gasteiger partial charge < -0.3 is 0 Å². The highest BCUT2D eigenvalue weighted by molar-refractivity contribution is 5.58. The zero-order chi connectivity index (χ0) is 15.0. The quantitative estimate of drug-likeness (QED) is 0.582. The van der Waals surface area contributed by atoms with Crippen molar-refractivity contribution in [1.29, 1.82) is 0 Å². The molecule has 2 heterocycles. The lowest BCUT2D eigenvalue weighted by molar-refractivity contribution is 1.10. The molecule has 0 atom stereocenters. The van der Waals surface area contributed by atoms with Crippen LogP contribution in [0.3, 0.4) is 0 Å². The Bertz CT molecular complexity index is 691. The SMILES string of the molecule is c1ccc(-c2ccn[nH]2)cc1.c1ccc(-c2ccn[nH]2)cc1. The molecule has 4 nitrogen and oxygen atoms in total. The van der Waals surface area contributed by atoms with Crippen LogP contribution in [0.4, 0.5) is 0 Å². The standard InChI is InChI=1S/2C9H8N2/c2*1-2-4-8(5-3-1)9-6-7-10-11-9/h2*1-7H,(H,10,11). The third-order valence-corrected chi connectivity index (χ3v) is 3.17. The molecule has 0 saturated carbocycles. The Labute approximate surface area is 128 Å². The Kier molecular flexibility index (Phi) is 4.42. The van der Waals surface area contributed by atoms with Gasteiger partial charge in [0.15, 0.2) is 0 Å². The summed E-state index contributed by atoms with van der Waals surface area (Å²) < 4.78 is 0. The minimum absolute atomic E-state index is 1.06. The maximum atomic E-state index is 3.87. The first kappa shape index (κ1) is 13.8. The summed E-state index contributed by atoms with van der Waals surface area (Å²) in [7, 11) is 0. The average Bonchev–Trinajstić information content (AvgIpc) is 3.31. The van der Waals surface area contributed by atoms with E-state index in [4.69, 9.17) is 0 Å². The molecule has 0 unspecified atom stereocenters. The first-order valence-electron chi connectivity index (χ1n) is 7.03. The Balaban J connectivity index is 0.000000131. The van der Waals surface area contributed by atoms with Crippen LogP contribution in [0, 0.1) is 0 Å². The molecule has 0 radical (unpaired) electrons. The van der Waals surface area contributed by atoms with Gasteiger partial charge in [-0.15, -0.1) is 0 Å². The van der Waals surface area contributed by atoms with Gasteiger partial charge in [0.1, 0.15) is 0 Å². The Morgan fingerprint density at radius 1 is 0.500 bits per heavy atom. The van der Waals surface area contributed by atoms with E-state index in [0.717, 1.165) is 11.4 Å². The fourth-order valence-corrected chi connectivity index (χ4v) is 2.07. The Morgan fingerprint density at radius 3 is 1.23 bits per heavy atom. The molecule has 22 heavy (non-hydrogen) atoms. The number of hydrogen-bond donors (Lipinski definition) is 2. The molecule has 0 aliphatic rings. The number of aromatic amines is 2. The van der Waals surface area contributed by atoms with Crippen LogP contribution >= 0.6 is 0 Å². The summed E-state index contributed by atoms with van der Waals surface area (Å²) in [4.78, 5) is 0. The van der Waals surface area contributed by atoms with Crippen molar-refractivity contribution in [2.24, 2.45) is 0 Å². The van der Waals surface area contributed by atoms with Gasteiger partial charge in [0.25, 0.3) is 0 Å². The van der Waals surface area contributed by atoms with E-state index >= 15 is 0 Å². The van der Waals surface area contributed by atoms with Crippen molar-refractivity contribution in [1.82, 2.24) is 20.4 Å². The lowest BCUT2D eigenvalue weighted by Crippen LogP contribution is -1.75. The molecule has 0 fully saturated rings. The maximum Gasteiger partial charge on any atom is 0.0650 e. The molecule has 2 aromatic carbocycles. The summed E-state index contributed by atoms with van der Waals surface area (Å²) in [5.41, 5.74) is 4.46. The Hall–Kier alpha value is -3.14. The molecule has 0 aliphatic carbocycles. The van der Waals surface area contributed by atoms with Gasteiger partial charge in [-0.2, -0.15) is 10.2 Å². The van der Waals surface area contributed by atoms with Crippen molar-refractivity contribution in [2.75, 3.05) is 0 Å². The summed E-state index contributed by atoms with van der Waals surface area (Å²) in [6.45, 7) is 0. The Morgan fingerprint density at radius 2 is 0.909 bits per heavy atom. The van der Waals surface area contributed by atoms with Crippen LogP contribution < -0.4 is 0 Å². The van der Waals surface area contributed by atoms with Crippen LogP contribution in [0.5, 0.6) is 0 Å². The molecule has 0 bridgehead atoms. The van der Waals surface area contributed by atoms with E-state index in [1.165, 1.54) is 11.1 Å². The van der Waals surface area contributed by atoms with E-state index in [-0.39, 0.29) is 0 Å². The highest BCUT2D eigenvalue weighted by Gasteiger charge is 1.94. The molecular formula is C18H16N4. The van der Waals surface area contributed by atoms with Gasteiger partial charge >= 0.3 is 0 Å². The van der Waals surface area contributed by atoms with Crippen molar-refractivity contribution in [3.8, 4) is 22.5 Å². The lowest BCUT2D eigenvalue weighted by atomic mass is 10.2. The van der Waals surface area contributed by atoms with Crippen LogP contribution in [-0.4, -0.2) is 20.4 Å². The number of aromatic nitrogens is 4. The second-order valence-electron chi connectivity index (χ2n) is 4.67. The molecular weight excluding hydrogens is 272 g/mol. The maximum absolute atomic E-state index is 3.87. The topological polar surface area (TPSA) is 57.4 Å². The zero-order valence-corrected chi connectivity index (χ0v) is 12.0. The predicted molar refractivity (Wildman–Crippen MR) is 88.0 cm³/mol. The van der Waals surface area contributed by atoms with Crippen LogP contribution in [0.25, 0.3) is 22.5 Å². The third kappa shape index (κ3) is 3.49. The first-order valence-corrected chi connectivity index (χ1v) is 7.03. The molecule has 2 N–H and O–H groups in total. The van der Waals surface area contributed by atoms with E-state index < -0.39 is 0 Å². The number of hydrogen-bond acceptors (Lipinski definition) is 2. The number of rotatable bonds is 2. The second-order valence-corrected chi connectivity index (χ2v) is 4.67. The molecule has 0 spiro atoms. The minimum atomic E-state index is 1.06. The smallest absolute Gasteiger partial charge is 0.0650 e. The number of nitrogens with zero attached hydrogens (tertiary/aromatic N) is 2. The van der Waals surface area contributed by atoms with E-state index in [0.29, 0.717) is 0 Å². The van der Waals surface area contributed by atoms with Gasteiger partial charge in [-0.1, -0.05) is 60.7 Å². The minimum Gasteiger partial charge on any atom is -0.278 e.